The molecule has 0 atom stereocenters. The number of hydrogen-bond acceptors (Lipinski definition) is 4. The van der Waals surface area contributed by atoms with Crippen LogP contribution in [0.15, 0.2) is 85.3 Å². The number of amides is 2. The van der Waals surface area contributed by atoms with Gasteiger partial charge >= 0.3 is 0 Å². The van der Waals surface area contributed by atoms with Crippen molar-refractivity contribution in [3.63, 3.8) is 0 Å². The van der Waals surface area contributed by atoms with E-state index in [1.54, 1.807) is 19.6 Å². The van der Waals surface area contributed by atoms with E-state index in [0.29, 0.717) is 25.1 Å². The van der Waals surface area contributed by atoms with Crippen LogP contribution in [0, 0.1) is 6.92 Å². The largest absolute Gasteiger partial charge is 0.497 e. The predicted octanol–water partition coefficient (Wildman–Crippen LogP) is 5.07. The average Bonchev–Trinajstić information content (AvgIpc) is 3.34. The Bertz CT molecular complexity index is 1280. The quantitative estimate of drug-likeness (QED) is 0.359. The topological polar surface area (TPSA) is 85.2 Å². The second-order valence-electron chi connectivity index (χ2n) is 8.34. The number of benzene rings is 3. The van der Waals surface area contributed by atoms with Crippen LogP contribution in [-0.4, -0.2) is 28.5 Å². The first-order chi connectivity index (χ1) is 17.0. The molecule has 0 unspecified atom stereocenters. The van der Waals surface area contributed by atoms with Crippen LogP contribution in [0.3, 0.4) is 0 Å². The van der Waals surface area contributed by atoms with Crippen molar-refractivity contribution in [2.45, 2.75) is 26.3 Å². The second-order valence-corrected chi connectivity index (χ2v) is 8.34. The van der Waals surface area contributed by atoms with Gasteiger partial charge in [-0.2, -0.15) is 0 Å². The van der Waals surface area contributed by atoms with Gasteiger partial charge in [-0.3, -0.25) is 9.59 Å². The van der Waals surface area contributed by atoms with Crippen LogP contribution >= 0.6 is 0 Å². The van der Waals surface area contributed by atoms with Crippen molar-refractivity contribution in [2.75, 3.05) is 17.7 Å². The molecule has 1 heterocycles. The predicted molar refractivity (Wildman–Crippen MR) is 137 cm³/mol. The molecule has 0 bridgehead atoms. The molecule has 3 aromatic carbocycles. The lowest BCUT2D eigenvalue weighted by Gasteiger charge is -2.08. The number of carbonyl (C=O) groups excluding carboxylic acids is 2. The van der Waals surface area contributed by atoms with Crippen LogP contribution in [-0.2, 0) is 17.8 Å². The van der Waals surface area contributed by atoms with Gasteiger partial charge in [0.1, 0.15) is 11.4 Å². The number of hydrogen-bond donors (Lipinski definition) is 2. The number of aryl methyl sites for hydroxylation is 2. The van der Waals surface area contributed by atoms with Gasteiger partial charge in [-0.05, 0) is 60.9 Å². The summed E-state index contributed by atoms with van der Waals surface area (Å²) in [5, 5.41) is 5.79. The molecule has 178 valence electrons. The maximum atomic E-state index is 12.5. The number of carbonyl (C=O) groups is 2. The lowest BCUT2D eigenvalue weighted by atomic mass is 10.1. The van der Waals surface area contributed by atoms with E-state index in [4.69, 9.17) is 4.74 Å². The van der Waals surface area contributed by atoms with Crippen molar-refractivity contribution >= 4 is 23.2 Å². The molecule has 0 radical (unpaired) electrons. The SMILES string of the molecule is COc1ccc(CCC(=O)Nc2ccc(Cn3cnc(C(=O)Nc4ccc(C)cc4)c3)cc2)cc1. The summed E-state index contributed by atoms with van der Waals surface area (Å²) in [4.78, 5) is 29.0. The highest BCUT2D eigenvalue weighted by atomic mass is 16.5. The lowest BCUT2D eigenvalue weighted by Crippen LogP contribution is -2.12. The maximum absolute atomic E-state index is 12.5. The summed E-state index contributed by atoms with van der Waals surface area (Å²) in [6.45, 7) is 2.56. The first-order valence-electron chi connectivity index (χ1n) is 11.4. The third kappa shape index (κ3) is 6.80. The van der Waals surface area contributed by atoms with Crippen molar-refractivity contribution in [3.8, 4) is 5.75 Å². The van der Waals surface area contributed by atoms with Crippen LogP contribution in [0.5, 0.6) is 5.75 Å². The van der Waals surface area contributed by atoms with Gasteiger partial charge in [-0.25, -0.2) is 4.98 Å². The van der Waals surface area contributed by atoms with Gasteiger partial charge in [0.05, 0.1) is 13.4 Å². The molecule has 0 fully saturated rings. The molecule has 2 N–H and O–H groups in total. The minimum atomic E-state index is -0.250. The molecule has 0 aliphatic heterocycles. The number of anilines is 2. The third-order valence-electron chi connectivity index (χ3n) is 5.58. The van der Waals surface area contributed by atoms with E-state index >= 15 is 0 Å². The standard InChI is InChI=1S/C28H28N4O3/c1-20-3-10-24(11-4-20)31-28(34)26-18-32(19-29-26)17-22-5-12-23(13-6-22)30-27(33)16-9-21-7-14-25(35-2)15-8-21/h3-8,10-15,18-19H,9,16-17H2,1-2H3,(H,30,33)(H,31,34). The number of nitrogens with one attached hydrogen (secondary N) is 2. The summed E-state index contributed by atoms with van der Waals surface area (Å²) in [7, 11) is 1.63. The summed E-state index contributed by atoms with van der Waals surface area (Å²) in [6.07, 6.45) is 4.42. The summed E-state index contributed by atoms with van der Waals surface area (Å²) in [6, 6.07) is 23.0. The van der Waals surface area contributed by atoms with E-state index in [1.807, 2.05) is 84.3 Å². The van der Waals surface area contributed by atoms with Gasteiger partial charge in [-0.1, -0.05) is 42.0 Å². The molecule has 0 saturated carbocycles. The van der Waals surface area contributed by atoms with Crippen LogP contribution in [0.1, 0.15) is 33.6 Å². The molecule has 4 aromatic rings. The number of aromatic nitrogens is 2. The molecule has 35 heavy (non-hydrogen) atoms. The number of rotatable bonds is 9. The molecule has 1 aromatic heterocycles. The number of imidazole rings is 1. The van der Waals surface area contributed by atoms with E-state index in [-0.39, 0.29) is 11.8 Å². The molecule has 7 nitrogen and oxygen atoms in total. The first kappa shape index (κ1) is 23.8. The molecule has 4 rings (SSSR count). The highest BCUT2D eigenvalue weighted by molar-refractivity contribution is 6.02. The zero-order valence-electron chi connectivity index (χ0n) is 19.8. The van der Waals surface area contributed by atoms with Gasteiger partial charge in [-0.15, -0.1) is 0 Å². The van der Waals surface area contributed by atoms with Crippen LogP contribution in [0.4, 0.5) is 11.4 Å². The smallest absolute Gasteiger partial charge is 0.275 e. The van der Waals surface area contributed by atoms with E-state index in [0.717, 1.165) is 33.8 Å². The summed E-state index contributed by atoms with van der Waals surface area (Å²) in [5.74, 6) is 0.517. The summed E-state index contributed by atoms with van der Waals surface area (Å²) >= 11 is 0. The Balaban J connectivity index is 1.26. The molecule has 0 saturated heterocycles. The maximum Gasteiger partial charge on any atom is 0.275 e. The molecule has 0 aliphatic carbocycles. The van der Waals surface area contributed by atoms with Crippen LogP contribution < -0.4 is 15.4 Å². The van der Waals surface area contributed by atoms with Crippen molar-refractivity contribution < 1.29 is 14.3 Å². The molecular weight excluding hydrogens is 440 g/mol. The van der Waals surface area contributed by atoms with E-state index in [9.17, 15) is 9.59 Å². The highest BCUT2D eigenvalue weighted by Crippen LogP contribution is 2.15. The monoisotopic (exact) mass is 468 g/mol. The fraction of sp³-hybridized carbons (Fsp3) is 0.179. The van der Waals surface area contributed by atoms with Gasteiger partial charge in [0, 0.05) is 30.5 Å². The Hall–Kier alpha value is -4.39. The van der Waals surface area contributed by atoms with E-state index in [2.05, 4.69) is 15.6 Å². The zero-order chi connectivity index (χ0) is 24.6. The third-order valence-corrected chi connectivity index (χ3v) is 5.58. The zero-order valence-corrected chi connectivity index (χ0v) is 19.8. The Labute approximate surface area is 204 Å². The Kier molecular flexibility index (Phi) is 7.57. The Morgan fingerprint density at radius 3 is 2.17 bits per heavy atom. The van der Waals surface area contributed by atoms with Crippen molar-refractivity contribution in [3.05, 3.63) is 108 Å². The molecule has 0 spiro atoms. The van der Waals surface area contributed by atoms with Gasteiger partial charge < -0.3 is 19.9 Å². The van der Waals surface area contributed by atoms with Crippen molar-refractivity contribution in [1.29, 1.82) is 0 Å². The van der Waals surface area contributed by atoms with Crippen molar-refractivity contribution in [2.24, 2.45) is 0 Å². The van der Waals surface area contributed by atoms with Crippen molar-refractivity contribution in [1.82, 2.24) is 9.55 Å². The first-order valence-corrected chi connectivity index (χ1v) is 11.4. The Morgan fingerprint density at radius 2 is 1.49 bits per heavy atom. The van der Waals surface area contributed by atoms with Gasteiger partial charge in [0.15, 0.2) is 0 Å². The second kappa shape index (κ2) is 11.2. The summed E-state index contributed by atoms with van der Waals surface area (Å²) in [5.41, 5.74) is 5.08. The van der Waals surface area contributed by atoms with Gasteiger partial charge in [0.2, 0.25) is 5.91 Å². The number of ether oxygens (including phenoxy) is 1. The average molecular weight is 469 g/mol. The fourth-order valence-electron chi connectivity index (χ4n) is 3.57. The normalized spacial score (nSPS) is 10.6. The Morgan fingerprint density at radius 1 is 0.857 bits per heavy atom. The minimum absolute atomic E-state index is 0.0348. The molecule has 0 aliphatic rings. The molecule has 7 heteroatoms. The minimum Gasteiger partial charge on any atom is -0.497 e. The van der Waals surface area contributed by atoms with Crippen LogP contribution in [0.25, 0.3) is 0 Å². The number of nitrogens with zero attached hydrogens (tertiary/aromatic N) is 2. The number of methoxy groups -OCH3 is 1. The van der Waals surface area contributed by atoms with Crippen LogP contribution in [0.2, 0.25) is 0 Å². The highest BCUT2D eigenvalue weighted by Gasteiger charge is 2.10. The van der Waals surface area contributed by atoms with E-state index in [1.165, 1.54) is 0 Å². The van der Waals surface area contributed by atoms with E-state index < -0.39 is 0 Å². The molecule has 2 amide bonds. The van der Waals surface area contributed by atoms with Gasteiger partial charge in [0.25, 0.3) is 5.91 Å². The fourth-order valence-corrected chi connectivity index (χ4v) is 3.57. The summed E-state index contributed by atoms with van der Waals surface area (Å²) < 4.78 is 7.01. The lowest BCUT2D eigenvalue weighted by molar-refractivity contribution is -0.116. The molecular formula is C28H28N4O3.